The number of ether oxygens (including phenoxy) is 1. The van der Waals surface area contributed by atoms with Gasteiger partial charge in [0, 0.05) is 0 Å². The number of carbonyl (C=O) groups is 2. The maximum atomic E-state index is 12.1. The number of carbonyl (C=O) groups excluding carboxylic acids is 2. The van der Waals surface area contributed by atoms with Gasteiger partial charge in [0.05, 0.1) is 5.56 Å². The number of Topliss-reactive ketones (excluding diaryl/α,β-unsaturated/α-hetero) is 1. The lowest BCUT2D eigenvalue weighted by Gasteiger charge is -2.26. The molecule has 3 rings (SSSR count). The molecule has 2 aliphatic rings. The predicted molar refractivity (Wildman–Crippen MR) is 57.1 cm³/mol. The number of rotatable bonds is 0. The molecule has 0 saturated heterocycles. The van der Waals surface area contributed by atoms with Crippen molar-refractivity contribution in [2.24, 2.45) is 5.92 Å². The van der Waals surface area contributed by atoms with Crippen LogP contribution in [0.2, 0.25) is 0 Å². The molecule has 0 saturated carbocycles. The molecule has 1 aromatic carbocycles. The van der Waals surface area contributed by atoms with E-state index in [4.69, 9.17) is 4.74 Å². The van der Waals surface area contributed by atoms with E-state index in [2.05, 4.69) is 0 Å². The number of benzene rings is 1. The third kappa shape index (κ3) is 1.15. The van der Waals surface area contributed by atoms with Crippen LogP contribution in [0, 0.1) is 5.92 Å². The second-order valence-corrected chi connectivity index (χ2v) is 3.73. The van der Waals surface area contributed by atoms with Gasteiger partial charge in [-0.25, -0.2) is 0 Å². The summed E-state index contributed by atoms with van der Waals surface area (Å²) in [7, 11) is 0. The molecule has 0 bridgehead atoms. The van der Waals surface area contributed by atoms with Crippen LogP contribution in [0.25, 0.3) is 0 Å². The zero-order chi connectivity index (χ0) is 11.1. The van der Waals surface area contributed by atoms with E-state index in [0.717, 1.165) is 0 Å². The van der Waals surface area contributed by atoms with Crippen LogP contribution in [0.3, 0.4) is 0 Å². The van der Waals surface area contributed by atoms with Crippen molar-refractivity contribution < 1.29 is 14.3 Å². The summed E-state index contributed by atoms with van der Waals surface area (Å²) in [4.78, 5) is 23.7. The largest absolute Gasteiger partial charge is 0.460 e. The van der Waals surface area contributed by atoms with Crippen molar-refractivity contribution in [2.75, 3.05) is 0 Å². The highest BCUT2D eigenvalue weighted by Crippen LogP contribution is 2.34. The van der Waals surface area contributed by atoms with E-state index in [0.29, 0.717) is 17.1 Å². The lowest BCUT2D eigenvalue weighted by molar-refractivity contribution is -0.116. The van der Waals surface area contributed by atoms with Gasteiger partial charge in [0.1, 0.15) is 17.4 Å². The van der Waals surface area contributed by atoms with Gasteiger partial charge < -0.3 is 4.74 Å². The molecule has 1 aliphatic heterocycles. The highest BCUT2D eigenvalue weighted by molar-refractivity contribution is 6.18. The van der Waals surface area contributed by atoms with Crippen LogP contribution >= 0.6 is 0 Å². The average molecular weight is 212 g/mol. The van der Waals surface area contributed by atoms with Gasteiger partial charge in [-0.2, -0.15) is 0 Å². The van der Waals surface area contributed by atoms with Crippen LogP contribution in [-0.2, 0) is 4.79 Å². The second kappa shape index (κ2) is 3.17. The summed E-state index contributed by atoms with van der Waals surface area (Å²) in [6, 6.07) is 6.97. The first-order valence-corrected chi connectivity index (χ1v) is 5.00. The molecule has 16 heavy (non-hydrogen) atoms. The van der Waals surface area contributed by atoms with E-state index in [1.807, 2.05) is 0 Å². The Morgan fingerprint density at radius 1 is 1.12 bits per heavy atom. The van der Waals surface area contributed by atoms with Crippen LogP contribution in [0.4, 0.5) is 0 Å². The van der Waals surface area contributed by atoms with E-state index in [-0.39, 0.29) is 11.6 Å². The molecule has 0 aromatic heterocycles. The molecule has 78 valence electrons. The molecule has 0 amide bonds. The highest BCUT2D eigenvalue weighted by atomic mass is 16.5. The Morgan fingerprint density at radius 2 is 1.94 bits per heavy atom. The lowest BCUT2D eigenvalue weighted by Crippen LogP contribution is -2.32. The Morgan fingerprint density at radius 3 is 2.81 bits per heavy atom. The first-order chi connectivity index (χ1) is 7.77. The van der Waals surface area contributed by atoms with E-state index >= 15 is 0 Å². The minimum Gasteiger partial charge on any atom is -0.460 e. The summed E-state index contributed by atoms with van der Waals surface area (Å²) in [5.41, 5.74) is 0.480. The molecule has 1 unspecified atom stereocenters. The molecule has 0 spiro atoms. The number of hydrogen-bond acceptors (Lipinski definition) is 3. The highest BCUT2D eigenvalue weighted by Gasteiger charge is 2.38. The molecule has 3 heteroatoms. The van der Waals surface area contributed by atoms with E-state index in [9.17, 15) is 9.59 Å². The molecule has 0 fully saturated rings. The fourth-order valence-electron chi connectivity index (χ4n) is 1.96. The Labute approximate surface area is 92.0 Å². The van der Waals surface area contributed by atoms with Gasteiger partial charge in [-0.05, 0) is 24.3 Å². The smallest absolute Gasteiger partial charge is 0.185 e. The second-order valence-electron chi connectivity index (χ2n) is 3.73. The Bertz CT molecular complexity index is 552. The molecule has 1 atom stereocenters. The number of ketones is 2. The average Bonchev–Trinajstić information content (AvgIpc) is 2.29. The van der Waals surface area contributed by atoms with E-state index < -0.39 is 5.92 Å². The molecule has 1 aromatic rings. The van der Waals surface area contributed by atoms with Gasteiger partial charge in [0.25, 0.3) is 0 Å². The van der Waals surface area contributed by atoms with Crippen molar-refractivity contribution in [1.82, 2.24) is 0 Å². The fourth-order valence-corrected chi connectivity index (χ4v) is 1.96. The van der Waals surface area contributed by atoms with Crippen molar-refractivity contribution in [3.63, 3.8) is 0 Å². The minimum absolute atomic E-state index is 0.178. The number of allylic oxidation sites excluding steroid dienone is 4. The molecular weight excluding hydrogens is 204 g/mol. The molecule has 1 heterocycles. The van der Waals surface area contributed by atoms with Gasteiger partial charge in [0.15, 0.2) is 11.6 Å². The zero-order valence-electron chi connectivity index (χ0n) is 8.34. The van der Waals surface area contributed by atoms with Gasteiger partial charge in [-0.1, -0.05) is 18.2 Å². The SMILES string of the molecule is O=C1C=CC=C2Oc3ccccc3C(=O)C12. The summed E-state index contributed by atoms with van der Waals surface area (Å²) in [5.74, 6) is -0.214. The topological polar surface area (TPSA) is 43.4 Å². The van der Waals surface area contributed by atoms with Crippen molar-refractivity contribution in [3.05, 3.63) is 53.8 Å². The van der Waals surface area contributed by atoms with Crippen molar-refractivity contribution >= 4 is 11.6 Å². The van der Waals surface area contributed by atoms with Gasteiger partial charge >= 0.3 is 0 Å². The normalized spacial score (nSPS) is 22.0. The van der Waals surface area contributed by atoms with Crippen LogP contribution < -0.4 is 4.74 Å². The van der Waals surface area contributed by atoms with Crippen LogP contribution in [0.15, 0.2) is 48.3 Å². The summed E-state index contributed by atoms with van der Waals surface area (Å²) < 4.78 is 5.54. The fraction of sp³-hybridized carbons (Fsp3) is 0.0769. The number of fused-ring (bicyclic) bond motifs is 2. The van der Waals surface area contributed by atoms with Crippen LogP contribution in [0.5, 0.6) is 5.75 Å². The molecule has 1 aliphatic carbocycles. The monoisotopic (exact) mass is 212 g/mol. The molecule has 3 nitrogen and oxygen atoms in total. The van der Waals surface area contributed by atoms with E-state index in [1.54, 1.807) is 36.4 Å². The van der Waals surface area contributed by atoms with E-state index in [1.165, 1.54) is 6.08 Å². The van der Waals surface area contributed by atoms with Crippen molar-refractivity contribution in [1.29, 1.82) is 0 Å². The Kier molecular flexibility index (Phi) is 1.80. The van der Waals surface area contributed by atoms with Gasteiger partial charge in [0.2, 0.25) is 0 Å². The minimum atomic E-state index is -0.778. The summed E-state index contributed by atoms with van der Waals surface area (Å²) in [5, 5.41) is 0. The molecule has 0 radical (unpaired) electrons. The summed E-state index contributed by atoms with van der Waals surface area (Å²) in [6.07, 6.45) is 4.68. The van der Waals surface area contributed by atoms with Crippen LogP contribution in [0.1, 0.15) is 10.4 Å². The Hall–Kier alpha value is -2.16. The van der Waals surface area contributed by atoms with Gasteiger partial charge in [-0.15, -0.1) is 0 Å². The quantitative estimate of drug-likeness (QED) is 0.617. The zero-order valence-corrected chi connectivity index (χ0v) is 8.34. The summed E-state index contributed by atoms with van der Waals surface area (Å²) in [6.45, 7) is 0. The van der Waals surface area contributed by atoms with Gasteiger partial charge in [-0.3, -0.25) is 9.59 Å². The van der Waals surface area contributed by atoms with Crippen molar-refractivity contribution in [3.8, 4) is 5.75 Å². The number of para-hydroxylation sites is 1. The first-order valence-electron chi connectivity index (χ1n) is 5.00. The molecular formula is C13H8O3. The third-order valence-corrected chi connectivity index (χ3v) is 2.73. The van der Waals surface area contributed by atoms with Crippen molar-refractivity contribution in [2.45, 2.75) is 0 Å². The standard InChI is InChI=1S/C13H8O3/c14-9-5-3-7-11-12(9)13(15)8-4-1-2-6-10(8)16-11/h1-7,12H. The Balaban J connectivity index is 2.17. The summed E-state index contributed by atoms with van der Waals surface area (Å²) >= 11 is 0. The predicted octanol–water partition coefficient (Wildman–Crippen LogP) is 1.90. The maximum absolute atomic E-state index is 12.1. The first kappa shape index (κ1) is 9.09. The number of hydrogen-bond donors (Lipinski definition) is 0. The maximum Gasteiger partial charge on any atom is 0.185 e. The lowest BCUT2D eigenvalue weighted by atomic mass is 9.86. The molecule has 0 N–H and O–H groups in total. The van der Waals surface area contributed by atoms with Crippen LogP contribution in [-0.4, -0.2) is 11.6 Å². The third-order valence-electron chi connectivity index (χ3n) is 2.73.